The van der Waals surface area contributed by atoms with Crippen molar-refractivity contribution in [2.24, 2.45) is 0 Å². The van der Waals surface area contributed by atoms with Crippen molar-refractivity contribution in [1.29, 1.82) is 0 Å². The minimum atomic E-state index is -3.59. The molecule has 0 saturated carbocycles. The molecule has 0 spiro atoms. The van der Waals surface area contributed by atoms with Gasteiger partial charge in [-0.3, -0.25) is 9.59 Å². The topological polar surface area (TPSA) is 96.9 Å². The maximum absolute atomic E-state index is 12.7. The number of hydrogen-bond donors (Lipinski definition) is 0. The van der Waals surface area contributed by atoms with Crippen molar-refractivity contribution in [3.05, 3.63) is 59.6 Å². The zero-order chi connectivity index (χ0) is 23.4. The first-order valence-electron chi connectivity index (χ1n) is 10.7. The minimum Gasteiger partial charge on any atom is -0.453 e. The van der Waals surface area contributed by atoms with Gasteiger partial charge in [-0.1, -0.05) is 30.3 Å². The Morgan fingerprint density at radius 2 is 1.70 bits per heavy atom. The van der Waals surface area contributed by atoms with Gasteiger partial charge < -0.3 is 9.64 Å². The molecule has 8 nitrogen and oxygen atoms in total. The van der Waals surface area contributed by atoms with Gasteiger partial charge in [-0.2, -0.15) is 4.31 Å². The van der Waals surface area contributed by atoms with Crippen LogP contribution >= 0.6 is 11.3 Å². The normalized spacial score (nSPS) is 16.0. The lowest BCUT2D eigenvalue weighted by Crippen LogP contribution is -2.52. The van der Waals surface area contributed by atoms with Crippen molar-refractivity contribution in [2.75, 3.05) is 26.2 Å². The zero-order valence-corrected chi connectivity index (χ0v) is 19.8. The average Bonchev–Trinajstić information content (AvgIpc) is 3.26. The third-order valence-electron chi connectivity index (χ3n) is 5.47. The Hall–Kier alpha value is -2.82. The molecule has 1 saturated heterocycles. The van der Waals surface area contributed by atoms with Crippen molar-refractivity contribution in [2.45, 2.75) is 30.8 Å². The summed E-state index contributed by atoms with van der Waals surface area (Å²) < 4.78 is 33.3. The number of fused-ring (bicyclic) bond motifs is 1. The summed E-state index contributed by atoms with van der Waals surface area (Å²) in [6, 6.07) is 16.0. The van der Waals surface area contributed by atoms with E-state index in [0.29, 0.717) is 6.42 Å². The number of rotatable bonds is 7. The maximum atomic E-state index is 12.7. The highest BCUT2D eigenvalue weighted by Crippen LogP contribution is 2.23. The first kappa shape index (κ1) is 23.3. The van der Waals surface area contributed by atoms with Crippen LogP contribution < -0.4 is 0 Å². The van der Waals surface area contributed by atoms with E-state index in [1.165, 1.54) is 15.6 Å². The fourth-order valence-corrected chi connectivity index (χ4v) is 6.10. The van der Waals surface area contributed by atoms with E-state index in [9.17, 15) is 18.0 Å². The van der Waals surface area contributed by atoms with Crippen molar-refractivity contribution >= 4 is 43.5 Å². The van der Waals surface area contributed by atoms with Gasteiger partial charge in [0.05, 0.1) is 26.5 Å². The summed E-state index contributed by atoms with van der Waals surface area (Å²) in [6.07, 6.45) is -0.333. The molecule has 2 aromatic carbocycles. The molecule has 10 heteroatoms. The van der Waals surface area contributed by atoms with Crippen LogP contribution in [0.15, 0.2) is 59.5 Å². The SMILES string of the molecule is CC(OC(=O)CCc1nc2ccccc2s1)C(=O)N1CCN(S(=O)(=O)c2ccccc2)CC1. The quantitative estimate of drug-likeness (QED) is 0.476. The summed E-state index contributed by atoms with van der Waals surface area (Å²) in [5, 5.41) is 0.850. The van der Waals surface area contributed by atoms with Crippen molar-refractivity contribution in [1.82, 2.24) is 14.2 Å². The van der Waals surface area contributed by atoms with E-state index in [1.54, 1.807) is 42.2 Å². The molecule has 1 aromatic heterocycles. The number of esters is 1. The Bertz CT molecular complexity index is 1200. The van der Waals surface area contributed by atoms with Gasteiger partial charge in [-0.15, -0.1) is 11.3 Å². The van der Waals surface area contributed by atoms with Crippen LogP contribution in [0.5, 0.6) is 0 Å². The highest BCUT2D eigenvalue weighted by atomic mass is 32.2. The van der Waals surface area contributed by atoms with Gasteiger partial charge in [0, 0.05) is 32.6 Å². The molecule has 1 aliphatic rings. The molecule has 0 bridgehead atoms. The van der Waals surface area contributed by atoms with Crippen LogP contribution in [0.25, 0.3) is 10.2 Å². The molecular weight excluding hydrogens is 462 g/mol. The third-order valence-corrected chi connectivity index (χ3v) is 8.48. The number of para-hydroxylation sites is 1. The molecule has 1 fully saturated rings. The van der Waals surface area contributed by atoms with Gasteiger partial charge in [0.2, 0.25) is 10.0 Å². The van der Waals surface area contributed by atoms with E-state index in [1.807, 2.05) is 24.3 Å². The number of nitrogens with zero attached hydrogens (tertiary/aromatic N) is 3. The standard InChI is InChI=1S/C23H25N3O5S2/c1-17(31-22(27)12-11-21-24-19-9-5-6-10-20(19)32-21)23(28)25-13-15-26(16-14-25)33(29,30)18-7-3-2-4-8-18/h2-10,17H,11-16H2,1H3. The lowest BCUT2D eigenvalue weighted by Gasteiger charge is -2.35. The number of amides is 1. The number of carbonyl (C=O) groups excluding carboxylic acids is 2. The van der Waals surface area contributed by atoms with Crippen LogP contribution in [0.4, 0.5) is 0 Å². The first-order valence-corrected chi connectivity index (χ1v) is 13.0. The second-order valence-corrected chi connectivity index (χ2v) is 10.8. The van der Waals surface area contributed by atoms with Crippen LogP contribution in [-0.4, -0.2) is 66.8 Å². The highest BCUT2D eigenvalue weighted by molar-refractivity contribution is 7.89. The fourth-order valence-electron chi connectivity index (χ4n) is 3.69. The number of carbonyl (C=O) groups is 2. The lowest BCUT2D eigenvalue weighted by molar-refractivity contribution is -0.159. The fraction of sp³-hybridized carbons (Fsp3) is 0.348. The number of ether oxygens (including phenoxy) is 1. The number of thiazole rings is 1. The van der Waals surface area contributed by atoms with Gasteiger partial charge in [0.25, 0.3) is 5.91 Å². The van der Waals surface area contributed by atoms with Crippen LogP contribution in [0, 0.1) is 0 Å². The molecule has 33 heavy (non-hydrogen) atoms. The number of aromatic nitrogens is 1. The largest absolute Gasteiger partial charge is 0.453 e. The molecule has 0 aliphatic carbocycles. The van der Waals surface area contributed by atoms with Gasteiger partial charge in [0.1, 0.15) is 0 Å². The summed E-state index contributed by atoms with van der Waals surface area (Å²) in [7, 11) is -3.59. The Morgan fingerprint density at radius 3 is 2.39 bits per heavy atom. The molecule has 1 atom stereocenters. The number of hydrogen-bond acceptors (Lipinski definition) is 7. The van der Waals surface area contributed by atoms with E-state index >= 15 is 0 Å². The van der Waals surface area contributed by atoms with Crippen molar-refractivity contribution in [3.8, 4) is 0 Å². The number of piperazine rings is 1. The van der Waals surface area contributed by atoms with Gasteiger partial charge in [-0.05, 0) is 31.2 Å². The summed E-state index contributed by atoms with van der Waals surface area (Å²) in [4.78, 5) is 31.3. The summed E-state index contributed by atoms with van der Waals surface area (Å²) in [5.74, 6) is -0.777. The molecule has 0 radical (unpaired) electrons. The van der Waals surface area contributed by atoms with Crippen molar-refractivity contribution < 1.29 is 22.7 Å². The summed E-state index contributed by atoms with van der Waals surface area (Å²) in [5.41, 5.74) is 0.905. The van der Waals surface area contributed by atoms with Crippen LogP contribution in [0.1, 0.15) is 18.4 Å². The molecule has 1 aliphatic heterocycles. The van der Waals surface area contributed by atoms with Crippen LogP contribution in [0.3, 0.4) is 0 Å². The van der Waals surface area contributed by atoms with E-state index in [2.05, 4.69) is 4.98 Å². The molecule has 1 amide bonds. The van der Waals surface area contributed by atoms with Gasteiger partial charge in [-0.25, -0.2) is 13.4 Å². The summed E-state index contributed by atoms with van der Waals surface area (Å²) >= 11 is 1.54. The molecule has 1 unspecified atom stereocenters. The van der Waals surface area contributed by atoms with E-state index in [-0.39, 0.29) is 43.4 Å². The molecule has 2 heterocycles. The second-order valence-electron chi connectivity index (χ2n) is 7.75. The summed E-state index contributed by atoms with van der Waals surface area (Å²) in [6.45, 7) is 2.43. The third kappa shape index (κ3) is 5.40. The van der Waals surface area contributed by atoms with Crippen LogP contribution in [0.2, 0.25) is 0 Å². The molecule has 4 rings (SSSR count). The van der Waals surface area contributed by atoms with Gasteiger partial charge >= 0.3 is 5.97 Å². The average molecular weight is 488 g/mol. The molecule has 3 aromatic rings. The predicted octanol–water partition coefficient (Wildman–Crippen LogP) is 2.69. The second kappa shape index (κ2) is 9.98. The molecule has 0 N–H and O–H groups in total. The Balaban J connectivity index is 1.25. The number of aryl methyl sites for hydroxylation is 1. The highest BCUT2D eigenvalue weighted by Gasteiger charge is 2.32. The number of benzene rings is 2. The minimum absolute atomic E-state index is 0.139. The monoisotopic (exact) mass is 487 g/mol. The first-order chi connectivity index (χ1) is 15.8. The Labute approximate surface area is 196 Å². The smallest absolute Gasteiger partial charge is 0.306 e. The van der Waals surface area contributed by atoms with E-state index in [4.69, 9.17) is 4.74 Å². The molecular formula is C23H25N3O5S2. The van der Waals surface area contributed by atoms with E-state index in [0.717, 1.165) is 15.2 Å². The van der Waals surface area contributed by atoms with Crippen LogP contribution in [-0.2, 0) is 30.8 Å². The Kier molecular flexibility index (Phi) is 7.06. The zero-order valence-electron chi connectivity index (χ0n) is 18.2. The lowest BCUT2D eigenvalue weighted by atomic mass is 10.2. The molecule has 174 valence electrons. The predicted molar refractivity (Wildman–Crippen MR) is 125 cm³/mol. The van der Waals surface area contributed by atoms with E-state index < -0.39 is 22.1 Å². The number of sulfonamides is 1. The maximum Gasteiger partial charge on any atom is 0.306 e. The van der Waals surface area contributed by atoms with Crippen molar-refractivity contribution in [3.63, 3.8) is 0 Å². The van der Waals surface area contributed by atoms with Gasteiger partial charge in [0.15, 0.2) is 6.10 Å². The Morgan fingerprint density at radius 1 is 1.03 bits per heavy atom.